The standard InChI is InChI=1S/C7H10BrF2N/c8-6-2-1-3-11(4-6)5-7(9)10/h2,7H,1,3-5H2. The maximum absolute atomic E-state index is 11.9. The van der Waals surface area contributed by atoms with Gasteiger partial charge in [0, 0.05) is 17.6 Å². The summed E-state index contributed by atoms with van der Waals surface area (Å²) in [6.07, 6.45) is 0.684. The Hall–Kier alpha value is 0.0400. The highest BCUT2D eigenvalue weighted by molar-refractivity contribution is 9.11. The van der Waals surface area contributed by atoms with Crippen LogP contribution in [0.25, 0.3) is 0 Å². The number of hydrogen-bond donors (Lipinski definition) is 0. The van der Waals surface area contributed by atoms with E-state index in [4.69, 9.17) is 0 Å². The van der Waals surface area contributed by atoms with Gasteiger partial charge in [0.05, 0.1) is 6.54 Å². The first kappa shape index (κ1) is 9.13. The first-order valence-electron chi connectivity index (χ1n) is 3.53. The highest BCUT2D eigenvalue weighted by Crippen LogP contribution is 2.15. The summed E-state index contributed by atoms with van der Waals surface area (Å²) in [6.45, 7) is 1.27. The van der Waals surface area contributed by atoms with Crippen molar-refractivity contribution in [2.75, 3.05) is 19.6 Å². The van der Waals surface area contributed by atoms with Crippen LogP contribution in [0.15, 0.2) is 10.6 Å². The molecule has 11 heavy (non-hydrogen) atoms. The Balaban J connectivity index is 2.32. The fraction of sp³-hybridized carbons (Fsp3) is 0.714. The van der Waals surface area contributed by atoms with E-state index in [1.807, 2.05) is 6.08 Å². The molecule has 1 aliphatic rings. The van der Waals surface area contributed by atoms with Crippen molar-refractivity contribution in [3.8, 4) is 0 Å². The second kappa shape index (κ2) is 4.16. The topological polar surface area (TPSA) is 3.24 Å². The van der Waals surface area contributed by atoms with E-state index in [2.05, 4.69) is 15.9 Å². The van der Waals surface area contributed by atoms with Crippen molar-refractivity contribution in [1.82, 2.24) is 4.90 Å². The lowest BCUT2D eigenvalue weighted by atomic mass is 10.2. The summed E-state index contributed by atoms with van der Waals surface area (Å²) in [5.74, 6) is 0. The molecule has 0 aromatic rings. The number of rotatable bonds is 2. The molecular weight excluding hydrogens is 216 g/mol. The van der Waals surface area contributed by atoms with Gasteiger partial charge in [-0.1, -0.05) is 22.0 Å². The normalized spacial score (nSPS) is 20.5. The number of hydrogen-bond acceptors (Lipinski definition) is 1. The molecule has 1 nitrogen and oxygen atoms in total. The van der Waals surface area contributed by atoms with Crippen LogP contribution in [0.1, 0.15) is 6.42 Å². The lowest BCUT2D eigenvalue weighted by molar-refractivity contribution is 0.0925. The fourth-order valence-corrected chi connectivity index (χ4v) is 1.70. The Morgan fingerprint density at radius 1 is 1.64 bits per heavy atom. The highest BCUT2D eigenvalue weighted by atomic mass is 79.9. The van der Waals surface area contributed by atoms with Gasteiger partial charge < -0.3 is 0 Å². The Kier molecular flexibility index (Phi) is 3.45. The van der Waals surface area contributed by atoms with E-state index in [9.17, 15) is 8.78 Å². The molecule has 4 heteroatoms. The summed E-state index contributed by atoms with van der Waals surface area (Å²) in [5, 5.41) is 0. The molecule has 64 valence electrons. The van der Waals surface area contributed by atoms with Gasteiger partial charge in [-0.05, 0) is 6.42 Å². The average Bonchev–Trinajstić information content (AvgIpc) is 1.85. The number of alkyl halides is 2. The second-order valence-electron chi connectivity index (χ2n) is 2.57. The first-order chi connectivity index (χ1) is 5.18. The molecule has 0 saturated heterocycles. The summed E-state index contributed by atoms with van der Waals surface area (Å²) >= 11 is 3.29. The van der Waals surface area contributed by atoms with Crippen LogP contribution < -0.4 is 0 Å². The average molecular weight is 226 g/mol. The van der Waals surface area contributed by atoms with Gasteiger partial charge in [0.1, 0.15) is 0 Å². The highest BCUT2D eigenvalue weighted by Gasteiger charge is 2.14. The molecule has 0 aromatic carbocycles. The lowest BCUT2D eigenvalue weighted by Gasteiger charge is -2.24. The molecule has 1 heterocycles. The van der Waals surface area contributed by atoms with Crippen LogP contribution in [0.3, 0.4) is 0 Å². The van der Waals surface area contributed by atoms with E-state index in [-0.39, 0.29) is 6.54 Å². The predicted molar refractivity (Wildman–Crippen MR) is 44.1 cm³/mol. The molecule has 0 aromatic heterocycles. The second-order valence-corrected chi connectivity index (χ2v) is 3.58. The zero-order chi connectivity index (χ0) is 8.27. The zero-order valence-corrected chi connectivity index (χ0v) is 7.65. The number of nitrogens with zero attached hydrogens (tertiary/aromatic N) is 1. The Morgan fingerprint density at radius 3 is 2.91 bits per heavy atom. The Labute approximate surface area is 73.2 Å². The zero-order valence-electron chi connectivity index (χ0n) is 6.06. The first-order valence-corrected chi connectivity index (χ1v) is 4.33. The molecule has 1 aliphatic heterocycles. The van der Waals surface area contributed by atoms with Crippen LogP contribution in [0.5, 0.6) is 0 Å². The van der Waals surface area contributed by atoms with Crippen LogP contribution in [-0.4, -0.2) is 31.0 Å². The smallest absolute Gasteiger partial charge is 0.251 e. The predicted octanol–water partition coefficient (Wildman–Crippen LogP) is 2.24. The molecule has 0 saturated carbocycles. The third kappa shape index (κ3) is 3.29. The van der Waals surface area contributed by atoms with Crippen molar-refractivity contribution in [1.29, 1.82) is 0 Å². The van der Waals surface area contributed by atoms with Crippen molar-refractivity contribution in [2.45, 2.75) is 12.8 Å². The van der Waals surface area contributed by atoms with Crippen molar-refractivity contribution < 1.29 is 8.78 Å². The Bertz CT molecular complexity index is 159. The largest absolute Gasteiger partial charge is 0.293 e. The van der Waals surface area contributed by atoms with Crippen molar-refractivity contribution in [2.24, 2.45) is 0 Å². The molecule has 0 aliphatic carbocycles. The summed E-state index contributed by atoms with van der Waals surface area (Å²) in [4.78, 5) is 1.74. The summed E-state index contributed by atoms with van der Waals surface area (Å²) in [7, 11) is 0. The molecule has 1 rings (SSSR count). The van der Waals surface area contributed by atoms with E-state index in [1.54, 1.807) is 4.90 Å². The lowest BCUT2D eigenvalue weighted by Crippen LogP contribution is -2.32. The summed E-state index contributed by atoms with van der Waals surface area (Å²) < 4.78 is 24.8. The van der Waals surface area contributed by atoms with Crippen molar-refractivity contribution >= 4 is 15.9 Å². The molecule has 0 atom stereocenters. The molecule has 0 bridgehead atoms. The molecule has 0 N–H and O–H groups in total. The van der Waals surface area contributed by atoms with E-state index in [1.165, 1.54) is 0 Å². The number of halogens is 3. The van der Waals surface area contributed by atoms with Crippen LogP contribution in [0.2, 0.25) is 0 Å². The van der Waals surface area contributed by atoms with Crippen molar-refractivity contribution in [3.05, 3.63) is 10.6 Å². The summed E-state index contributed by atoms with van der Waals surface area (Å²) in [6, 6.07) is 0. The van der Waals surface area contributed by atoms with Gasteiger partial charge in [0.15, 0.2) is 0 Å². The molecule has 0 amide bonds. The van der Waals surface area contributed by atoms with Crippen LogP contribution in [0, 0.1) is 0 Å². The summed E-state index contributed by atoms with van der Waals surface area (Å²) in [5.41, 5.74) is 0. The monoisotopic (exact) mass is 225 g/mol. The van der Waals surface area contributed by atoms with Crippen LogP contribution >= 0.6 is 15.9 Å². The molecular formula is C7H10BrF2N. The van der Waals surface area contributed by atoms with Gasteiger partial charge >= 0.3 is 0 Å². The van der Waals surface area contributed by atoms with Crippen molar-refractivity contribution in [3.63, 3.8) is 0 Å². The SMILES string of the molecule is FC(F)CN1CCC=C(Br)C1. The maximum atomic E-state index is 11.9. The van der Waals surface area contributed by atoms with Crippen LogP contribution in [-0.2, 0) is 0 Å². The minimum Gasteiger partial charge on any atom is -0.293 e. The fourth-order valence-electron chi connectivity index (χ4n) is 1.11. The third-order valence-electron chi connectivity index (χ3n) is 1.58. The molecule has 0 fully saturated rings. The quantitative estimate of drug-likeness (QED) is 0.697. The third-order valence-corrected chi connectivity index (χ3v) is 2.16. The van der Waals surface area contributed by atoms with Gasteiger partial charge in [-0.25, -0.2) is 8.78 Å². The molecule has 0 spiro atoms. The molecule has 0 unspecified atom stereocenters. The minimum absolute atomic E-state index is 0.108. The maximum Gasteiger partial charge on any atom is 0.251 e. The van der Waals surface area contributed by atoms with E-state index in [0.29, 0.717) is 6.54 Å². The van der Waals surface area contributed by atoms with E-state index in [0.717, 1.165) is 17.4 Å². The van der Waals surface area contributed by atoms with Gasteiger partial charge in [0.25, 0.3) is 6.43 Å². The van der Waals surface area contributed by atoms with Gasteiger partial charge in [-0.15, -0.1) is 0 Å². The Morgan fingerprint density at radius 2 is 2.36 bits per heavy atom. The van der Waals surface area contributed by atoms with E-state index >= 15 is 0 Å². The molecule has 0 radical (unpaired) electrons. The van der Waals surface area contributed by atoms with Gasteiger partial charge in [0.2, 0.25) is 0 Å². The van der Waals surface area contributed by atoms with E-state index < -0.39 is 6.43 Å². The van der Waals surface area contributed by atoms with Gasteiger partial charge in [-0.3, -0.25) is 4.90 Å². The van der Waals surface area contributed by atoms with Gasteiger partial charge in [-0.2, -0.15) is 0 Å². The van der Waals surface area contributed by atoms with Crippen LogP contribution in [0.4, 0.5) is 8.78 Å². The minimum atomic E-state index is -2.21.